The third-order valence-corrected chi connectivity index (χ3v) is 4.72. The van der Waals surface area contributed by atoms with Crippen LogP contribution < -0.4 is 10.1 Å². The first-order valence-electron chi connectivity index (χ1n) is 7.17. The summed E-state index contributed by atoms with van der Waals surface area (Å²) in [5.74, 6) is 2.79. The molecule has 1 aromatic carbocycles. The van der Waals surface area contributed by atoms with Crippen LogP contribution in [0, 0.1) is 17.8 Å². The number of carbonyl (C=O) groups is 1. The maximum Gasteiger partial charge on any atom is 0.223 e. The van der Waals surface area contributed by atoms with Gasteiger partial charge in [-0.3, -0.25) is 4.79 Å². The van der Waals surface area contributed by atoms with Gasteiger partial charge < -0.3 is 10.1 Å². The van der Waals surface area contributed by atoms with Crippen molar-refractivity contribution in [1.82, 2.24) is 5.32 Å². The summed E-state index contributed by atoms with van der Waals surface area (Å²) < 4.78 is 5.30. The number of fused-ring (bicyclic) bond motifs is 2. The minimum Gasteiger partial charge on any atom is -0.496 e. The normalized spacial score (nSPS) is 28.4. The lowest BCUT2D eigenvalue weighted by molar-refractivity contribution is -0.126. The molecule has 2 aliphatic carbocycles. The summed E-state index contributed by atoms with van der Waals surface area (Å²) >= 11 is 0. The van der Waals surface area contributed by atoms with Crippen LogP contribution in [0.5, 0.6) is 5.75 Å². The van der Waals surface area contributed by atoms with Crippen LogP contribution >= 0.6 is 0 Å². The van der Waals surface area contributed by atoms with E-state index in [1.165, 1.54) is 19.3 Å². The Balaban J connectivity index is 1.59. The van der Waals surface area contributed by atoms with Gasteiger partial charge in [0.1, 0.15) is 5.75 Å². The summed E-state index contributed by atoms with van der Waals surface area (Å²) in [5.41, 5.74) is 1.04. The van der Waals surface area contributed by atoms with E-state index in [1.54, 1.807) is 7.11 Å². The van der Waals surface area contributed by atoms with Gasteiger partial charge in [0.25, 0.3) is 0 Å². The molecule has 1 amide bonds. The summed E-state index contributed by atoms with van der Waals surface area (Å²) in [6.07, 6.45) is 4.95. The maximum atomic E-state index is 12.3. The molecule has 102 valence electrons. The van der Waals surface area contributed by atoms with E-state index in [0.29, 0.717) is 12.5 Å². The fraction of sp³-hybridized carbons (Fsp3) is 0.562. The summed E-state index contributed by atoms with van der Waals surface area (Å²) in [4.78, 5) is 12.3. The second-order valence-corrected chi connectivity index (χ2v) is 5.81. The number of benzene rings is 1. The van der Waals surface area contributed by atoms with Crippen molar-refractivity contribution in [1.29, 1.82) is 0 Å². The number of methoxy groups -OCH3 is 1. The molecule has 2 saturated carbocycles. The number of para-hydroxylation sites is 1. The first kappa shape index (κ1) is 12.5. The maximum absolute atomic E-state index is 12.3. The highest BCUT2D eigenvalue weighted by Crippen LogP contribution is 2.48. The van der Waals surface area contributed by atoms with Crippen LogP contribution in [0.4, 0.5) is 0 Å². The summed E-state index contributed by atoms with van der Waals surface area (Å²) in [5, 5.41) is 3.08. The van der Waals surface area contributed by atoms with Crippen molar-refractivity contribution in [3.05, 3.63) is 29.8 Å². The summed E-state index contributed by atoms with van der Waals surface area (Å²) in [7, 11) is 1.66. The number of amides is 1. The summed E-state index contributed by atoms with van der Waals surface area (Å²) in [6, 6.07) is 7.85. The highest BCUT2D eigenvalue weighted by molar-refractivity contribution is 5.79. The molecule has 1 aromatic rings. The molecule has 0 unspecified atom stereocenters. The van der Waals surface area contributed by atoms with E-state index >= 15 is 0 Å². The van der Waals surface area contributed by atoms with Crippen LogP contribution in [0.3, 0.4) is 0 Å². The van der Waals surface area contributed by atoms with Crippen molar-refractivity contribution in [2.75, 3.05) is 7.11 Å². The molecule has 2 fully saturated rings. The minimum atomic E-state index is 0.234. The predicted octanol–water partition coefficient (Wildman–Crippen LogP) is 2.75. The molecule has 19 heavy (non-hydrogen) atoms. The molecule has 0 heterocycles. The predicted molar refractivity (Wildman–Crippen MR) is 73.8 cm³/mol. The lowest BCUT2D eigenvalue weighted by Crippen LogP contribution is -2.33. The van der Waals surface area contributed by atoms with Gasteiger partial charge in [0.15, 0.2) is 0 Å². The van der Waals surface area contributed by atoms with Crippen LogP contribution in [-0.4, -0.2) is 13.0 Å². The Morgan fingerprint density at radius 3 is 2.84 bits per heavy atom. The SMILES string of the molecule is COc1ccccc1CNC(=O)[C@H]1C[C@H]2CC[C@H]1C2. The Kier molecular flexibility index (Phi) is 3.45. The van der Waals surface area contributed by atoms with Crippen molar-refractivity contribution in [2.45, 2.75) is 32.2 Å². The number of nitrogens with one attached hydrogen (secondary N) is 1. The molecule has 0 aliphatic heterocycles. The van der Waals surface area contributed by atoms with Gasteiger partial charge >= 0.3 is 0 Å². The molecule has 3 atom stereocenters. The van der Waals surface area contributed by atoms with Crippen LogP contribution in [0.1, 0.15) is 31.2 Å². The zero-order valence-corrected chi connectivity index (χ0v) is 11.4. The Morgan fingerprint density at radius 1 is 1.32 bits per heavy atom. The Morgan fingerprint density at radius 2 is 2.16 bits per heavy atom. The molecule has 3 rings (SSSR count). The molecule has 3 heteroatoms. The van der Waals surface area contributed by atoms with Gasteiger partial charge in [-0.15, -0.1) is 0 Å². The van der Waals surface area contributed by atoms with Gasteiger partial charge in [0.2, 0.25) is 5.91 Å². The third-order valence-electron chi connectivity index (χ3n) is 4.72. The fourth-order valence-corrected chi connectivity index (χ4v) is 3.73. The highest BCUT2D eigenvalue weighted by atomic mass is 16.5. The Bertz CT molecular complexity index is 472. The van der Waals surface area contributed by atoms with Crippen LogP contribution in [0.25, 0.3) is 0 Å². The molecule has 0 spiro atoms. The van der Waals surface area contributed by atoms with E-state index in [0.717, 1.165) is 23.7 Å². The smallest absolute Gasteiger partial charge is 0.223 e. The van der Waals surface area contributed by atoms with Gasteiger partial charge in [0.05, 0.1) is 7.11 Å². The monoisotopic (exact) mass is 259 g/mol. The molecule has 0 saturated heterocycles. The number of carbonyl (C=O) groups excluding carboxylic acids is 1. The van der Waals surface area contributed by atoms with Crippen LogP contribution in [-0.2, 0) is 11.3 Å². The number of rotatable bonds is 4. The van der Waals surface area contributed by atoms with E-state index in [4.69, 9.17) is 4.74 Å². The molecule has 1 N–H and O–H groups in total. The molecular weight excluding hydrogens is 238 g/mol. The first-order valence-corrected chi connectivity index (χ1v) is 7.17. The van der Waals surface area contributed by atoms with E-state index in [2.05, 4.69) is 5.32 Å². The number of ether oxygens (including phenoxy) is 1. The van der Waals surface area contributed by atoms with Gasteiger partial charge in [-0.1, -0.05) is 24.6 Å². The van der Waals surface area contributed by atoms with Gasteiger partial charge in [-0.2, -0.15) is 0 Å². The van der Waals surface area contributed by atoms with Crippen LogP contribution in [0.15, 0.2) is 24.3 Å². The van der Waals surface area contributed by atoms with E-state index < -0.39 is 0 Å². The van der Waals surface area contributed by atoms with Gasteiger partial charge in [-0.05, 0) is 37.2 Å². The van der Waals surface area contributed by atoms with E-state index in [-0.39, 0.29) is 11.8 Å². The summed E-state index contributed by atoms with van der Waals surface area (Å²) in [6.45, 7) is 0.566. The zero-order chi connectivity index (χ0) is 13.2. The fourth-order valence-electron chi connectivity index (χ4n) is 3.73. The molecule has 2 aliphatic rings. The lowest BCUT2D eigenvalue weighted by atomic mass is 9.88. The Labute approximate surface area is 114 Å². The van der Waals surface area contributed by atoms with Crippen molar-refractivity contribution in [3.8, 4) is 5.75 Å². The van der Waals surface area contributed by atoms with Crippen molar-refractivity contribution < 1.29 is 9.53 Å². The van der Waals surface area contributed by atoms with Crippen LogP contribution in [0.2, 0.25) is 0 Å². The second-order valence-electron chi connectivity index (χ2n) is 5.81. The second kappa shape index (κ2) is 5.24. The Hall–Kier alpha value is -1.51. The molecule has 2 bridgehead atoms. The topological polar surface area (TPSA) is 38.3 Å². The van der Waals surface area contributed by atoms with Crippen molar-refractivity contribution in [3.63, 3.8) is 0 Å². The minimum absolute atomic E-state index is 0.234. The lowest BCUT2D eigenvalue weighted by Gasteiger charge is -2.21. The quantitative estimate of drug-likeness (QED) is 0.903. The van der Waals surface area contributed by atoms with Crippen molar-refractivity contribution >= 4 is 5.91 Å². The average Bonchev–Trinajstić information content (AvgIpc) is 3.07. The standard InChI is InChI=1S/C16H21NO2/c1-19-15-5-3-2-4-13(15)10-17-16(18)14-9-11-6-7-12(14)8-11/h2-5,11-12,14H,6-10H2,1H3,(H,17,18)/t11-,12-,14-/m0/s1. The van der Waals surface area contributed by atoms with Gasteiger partial charge in [0, 0.05) is 18.0 Å². The van der Waals surface area contributed by atoms with E-state index in [9.17, 15) is 4.79 Å². The number of hydrogen-bond donors (Lipinski definition) is 1. The molecule has 0 aromatic heterocycles. The van der Waals surface area contributed by atoms with Gasteiger partial charge in [-0.25, -0.2) is 0 Å². The highest BCUT2D eigenvalue weighted by Gasteiger charge is 2.42. The first-order chi connectivity index (χ1) is 9.28. The average molecular weight is 259 g/mol. The largest absolute Gasteiger partial charge is 0.496 e. The molecule has 3 nitrogen and oxygen atoms in total. The van der Waals surface area contributed by atoms with E-state index in [1.807, 2.05) is 24.3 Å². The zero-order valence-electron chi connectivity index (χ0n) is 11.4. The molecular formula is C16H21NO2. The van der Waals surface area contributed by atoms with Crippen molar-refractivity contribution in [2.24, 2.45) is 17.8 Å². The molecule has 0 radical (unpaired) electrons. The number of hydrogen-bond acceptors (Lipinski definition) is 2. The third kappa shape index (κ3) is 2.46.